The second kappa shape index (κ2) is 13.5. The lowest BCUT2D eigenvalue weighted by Gasteiger charge is -2.15. The molecule has 0 aliphatic carbocycles. The summed E-state index contributed by atoms with van der Waals surface area (Å²) in [6.07, 6.45) is -0.163. The standard InChI is InChI=1S/C20H26FN3O2S.HI/c1-3-22-20(23-13-14-27(25)19-7-5-4-6-8-19)24-15-16(2)26-18-11-9-17(21)10-12-18;/h4-12,16H,3,13-15H2,1-2H3,(H2,22,23,24);1H. The van der Waals surface area contributed by atoms with Crippen molar-refractivity contribution in [2.24, 2.45) is 4.99 Å². The highest BCUT2D eigenvalue weighted by molar-refractivity contribution is 14.0. The highest BCUT2D eigenvalue weighted by Gasteiger charge is 2.06. The molecule has 5 nitrogen and oxygen atoms in total. The van der Waals surface area contributed by atoms with Gasteiger partial charge in [-0.05, 0) is 50.2 Å². The molecule has 0 fully saturated rings. The first-order chi connectivity index (χ1) is 13.1. The van der Waals surface area contributed by atoms with Crippen molar-refractivity contribution in [3.63, 3.8) is 0 Å². The predicted octanol–water partition coefficient (Wildman–Crippen LogP) is 3.57. The van der Waals surface area contributed by atoms with E-state index in [0.717, 1.165) is 11.4 Å². The van der Waals surface area contributed by atoms with Gasteiger partial charge < -0.3 is 15.4 Å². The van der Waals surface area contributed by atoms with Crippen LogP contribution in [0.3, 0.4) is 0 Å². The summed E-state index contributed by atoms with van der Waals surface area (Å²) in [4.78, 5) is 5.31. The lowest BCUT2D eigenvalue weighted by atomic mass is 10.3. The van der Waals surface area contributed by atoms with Gasteiger partial charge in [0.1, 0.15) is 17.7 Å². The summed E-state index contributed by atoms with van der Waals surface area (Å²) >= 11 is 0. The number of guanidine groups is 1. The van der Waals surface area contributed by atoms with Crippen molar-refractivity contribution in [2.75, 3.05) is 25.4 Å². The van der Waals surface area contributed by atoms with E-state index >= 15 is 0 Å². The molecule has 2 aromatic carbocycles. The van der Waals surface area contributed by atoms with Crippen molar-refractivity contribution in [1.29, 1.82) is 0 Å². The summed E-state index contributed by atoms with van der Waals surface area (Å²) in [6, 6.07) is 15.3. The van der Waals surface area contributed by atoms with Crippen LogP contribution in [0.25, 0.3) is 0 Å². The van der Waals surface area contributed by atoms with Crippen LogP contribution in [0.15, 0.2) is 64.5 Å². The molecule has 154 valence electrons. The Labute approximate surface area is 185 Å². The maximum absolute atomic E-state index is 12.9. The van der Waals surface area contributed by atoms with Gasteiger partial charge in [0, 0.05) is 23.7 Å². The van der Waals surface area contributed by atoms with E-state index < -0.39 is 10.8 Å². The Morgan fingerprint density at radius 2 is 1.82 bits per heavy atom. The molecule has 2 unspecified atom stereocenters. The van der Waals surface area contributed by atoms with Crippen LogP contribution >= 0.6 is 24.0 Å². The first kappa shape index (κ1) is 24.4. The molecule has 2 N–H and O–H groups in total. The van der Waals surface area contributed by atoms with Crippen LogP contribution in [0.4, 0.5) is 4.39 Å². The molecule has 0 amide bonds. The number of hydrogen-bond acceptors (Lipinski definition) is 3. The second-order valence-electron chi connectivity index (χ2n) is 5.89. The number of rotatable bonds is 9. The Morgan fingerprint density at radius 3 is 2.46 bits per heavy atom. The molecule has 2 rings (SSSR count). The van der Waals surface area contributed by atoms with Crippen LogP contribution in [0, 0.1) is 5.82 Å². The van der Waals surface area contributed by atoms with E-state index in [1.807, 2.05) is 44.2 Å². The molecule has 0 aliphatic rings. The summed E-state index contributed by atoms with van der Waals surface area (Å²) in [5, 5.41) is 6.35. The third-order valence-corrected chi connectivity index (χ3v) is 4.96. The van der Waals surface area contributed by atoms with Crippen LogP contribution in [0.1, 0.15) is 13.8 Å². The van der Waals surface area contributed by atoms with Crippen LogP contribution in [0.5, 0.6) is 5.75 Å². The molecular formula is C20H27FIN3O2S. The van der Waals surface area contributed by atoms with Gasteiger partial charge in [0.2, 0.25) is 0 Å². The zero-order chi connectivity index (χ0) is 19.5. The Bertz CT molecular complexity index is 745. The normalized spacial score (nSPS) is 13.2. The van der Waals surface area contributed by atoms with Gasteiger partial charge in [-0.3, -0.25) is 4.21 Å². The largest absolute Gasteiger partial charge is 0.489 e. The van der Waals surface area contributed by atoms with E-state index in [-0.39, 0.29) is 35.9 Å². The number of ether oxygens (including phenoxy) is 1. The number of hydrogen-bond donors (Lipinski definition) is 2. The molecule has 0 spiro atoms. The van der Waals surface area contributed by atoms with Crippen molar-refractivity contribution >= 4 is 40.7 Å². The zero-order valence-electron chi connectivity index (χ0n) is 16.1. The van der Waals surface area contributed by atoms with Crippen LogP contribution < -0.4 is 15.4 Å². The molecule has 0 radical (unpaired) electrons. The monoisotopic (exact) mass is 519 g/mol. The molecule has 0 aromatic heterocycles. The second-order valence-corrected chi connectivity index (χ2v) is 7.46. The van der Waals surface area contributed by atoms with Gasteiger partial charge in [-0.15, -0.1) is 24.0 Å². The maximum Gasteiger partial charge on any atom is 0.191 e. The average Bonchev–Trinajstić information content (AvgIpc) is 2.68. The van der Waals surface area contributed by atoms with Crippen LogP contribution in [0.2, 0.25) is 0 Å². The fraction of sp³-hybridized carbons (Fsp3) is 0.350. The summed E-state index contributed by atoms with van der Waals surface area (Å²) in [5.41, 5.74) is 0. The lowest BCUT2D eigenvalue weighted by molar-refractivity contribution is 0.230. The molecule has 8 heteroatoms. The number of benzene rings is 2. The first-order valence-electron chi connectivity index (χ1n) is 8.96. The SMILES string of the molecule is CCNC(=NCC(C)Oc1ccc(F)cc1)NCCS(=O)c1ccccc1.I. The number of nitrogens with zero attached hydrogens (tertiary/aromatic N) is 1. The van der Waals surface area contributed by atoms with E-state index in [1.165, 1.54) is 12.1 Å². The average molecular weight is 519 g/mol. The van der Waals surface area contributed by atoms with Gasteiger partial charge >= 0.3 is 0 Å². The smallest absolute Gasteiger partial charge is 0.191 e. The van der Waals surface area contributed by atoms with Gasteiger partial charge in [0.25, 0.3) is 0 Å². The summed E-state index contributed by atoms with van der Waals surface area (Å²) < 4.78 is 30.9. The minimum absolute atomic E-state index is 0. The number of aliphatic imine (C=N–C) groups is 1. The molecule has 0 heterocycles. The Balaban J connectivity index is 0.00000392. The quantitative estimate of drug-likeness (QED) is 0.302. The minimum atomic E-state index is -1.05. The van der Waals surface area contributed by atoms with Crippen LogP contribution in [-0.4, -0.2) is 41.7 Å². The van der Waals surface area contributed by atoms with Gasteiger partial charge in [-0.1, -0.05) is 18.2 Å². The predicted molar refractivity (Wildman–Crippen MR) is 124 cm³/mol. The summed E-state index contributed by atoms with van der Waals surface area (Å²) in [6.45, 7) is 5.59. The van der Waals surface area contributed by atoms with Crippen molar-refractivity contribution < 1.29 is 13.3 Å². The van der Waals surface area contributed by atoms with Crippen LogP contribution in [-0.2, 0) is 10.8 Å². The third kappa shape index (κ3) is 9.01. The summed E-state index contributed by atoms with van der Waals surface area (Å²) in [7, 11) is -1.05. The van der Waals surface area contributed by atoms with Gasteiger partial charge in [-0.2, -0.15) is 0 Å². The number of halogens is 2. The van der Waals surface area contributed by atoms with Gasteiger partial charge in [0.05, 0.1) is 17.3 Å². The zero-order valence-corrected chi connectivity index (χ0v) is 19.2. The first-order valence-corrected chi connectivity index (χ1v) is 10.3. The molecule has 0 aliphatic heterocycles. The van der Waals surface area contributed by atoms with Crippen molar-refractivity contribution in [3.8, 4) is 5.75 Å². The van der Waals surface area contributed by atoms with E-state index in [9.17, 15) is 8.60 Å². The van der Waals surface area contributed by atoms with Gasteiger partial charge in [-0.25, -0.2) is 9.38 Å². The number of nitrogens with one attached hydrogen (secondary N) is 2. The molecular weight excluding hydrogens is 492 g/mol. The van der Waals surface area contributed by atoms with E-state index in [1.54, 1.807) is 12.1 Å². The fourth-order valence-corrected chi connectivity index (χ4v) is 3.28. The van der Waals surface area contributed by atoms with Crippen molar-refractivity contribution in [1.82, 2.24) is 10.6 Å². The molecule has 0 bridgehead atoms. The maximum atomic E-state index is 12.9. The van der Waals surface area contributed by atoms with E-state index in [2.05, 4.69) is 15.6 Å². The topological polar surface area (TPSA) is 62.7 Å². The molecule has 2 atom stereocenters. The van der Waals surface area contributed by atoms with Crippen molar-refractivity contribution in [2.45, 2.75) is 24.8 Å². The highest BCUT2D eigenvalue weighted by Crippen LogP contribution is 2.13. The van der Waals surface area contributed by atoms with Crippen molar-refractivity contribution in [3.05, 3.63) is 60.4 Å². The van der Waals surface area contributed by atoms with E-state index in [0.29, 0.717) is 30.6 Å². The Morgan fingerprint density at radius 1 is 1.14 bits per heavy atom. The molecule has 0 saturated heterocycles. The van der Waals surface area contributed by atoms with E-state index in [4.69, 9.17) is 4.74 Å². The molecule has 0 saturated carbocycles. The minimum Gasteiger partial charge on any atom is -0.489 e. The highest BCUT2D eigenvalue weighted by atomic mass is 127. The fourth-order valence-electron chi connectivity index (χ4n) is 2.30. The Kier molecular flexibility index (Phi) is 11.7. The Hall–Kier alpha value is -1.68. The summed E-state index contributed by atoms with van der Waals surface area (Å²) in [5.74, 6) is 1.46. The third-order valence-electron chi connectivity index (χ3n) is 3.59. The lowest BCUT2D eigenvalue weighted by Crippen LogP contribution is -2.39. The van der Waals surface area contributed by atoms with Gasteiger partial charge in [0.15, 0.2) is 5.96 Å². The molecule has 28 heavy (non-hydrogen) atoms. The molecule has 2 aromatic rings.